The Kier molecular flexibility index (Phi) is 3.42. The second-order valence-corrected chi connectivity index (χ2v) is 5.63. The third kappa shape index (κ3) is 2.63. The smallest absolute Gasteiger partial charge is 0.254 e. The molecule has 23 heavy (non-hydrogen) atoms. The fourth-order valence-corrected chi connectivity index (χ4v) is 2.97. The Hall–Kier alpha value is -2.89. The van der Waals surface area contributed by atoms with Crippen LogP contribution in [0.3, 0.4) is 0 Å². The molecular weight excluding hydrogens is 290 g/mol. The molecule has 1 aliphatic rings. The van der Waals surface area contributed by atoms with E-state index in [1.807, 2.05) is 41.4 Å². The summed E-state index contributed by atoms with van der Waals surface area (Å²) in [6.07, 6.45) is 5.18. The van der Waals surface area contributed by atoms with Gasteiger partial charge in [0, 0.05) is 49.7 Å². The zero-order chi connectivity index (χ0) is 15.6. The summed E-state index contributed by atoms with van der Waals surface area (Å²) >= 11 is 0. The molecule has 3 aromatic rings. The molecule has 1 N–H and O–H groups in total. The molecule has 0 atom stereocenters. The number of H-pyrrole nitrogens is 1. The first-order valence-electron chi connectivity index (χ1n) is 7.69. The number of nitrogens with zero attached hydrogens (tertiary/aromatic N) is 4. The first-order valence-corrected chi connectivity index (χ1v) is 7.69. The minimum Gasteiger partial charge on any atom is -0.361 e. The van der Waals surface area contributed by atoms with Crippen LogP contribution >= 0.6 is 0 Å². The van der Waals surface area contributed by atoms with Crippen LogP contribution in [-0.2, 0) is 0 Å². The van der Waals surface area contributed by atoms with Gasteiger partial charge in [0.1, 0.15) is 12.1 Å². The van der Waals surface area contributed by atoms with Gasteiger partial charge in [-0.3, -0.25) is 4.79 Å². The number of hydrogen-bond donors (Lipinski definition) is 1. The van der Waals surface area contributed by atoms with Gasteiger partial charge in [-0.15, -0.1) is 0 Å². The number of rotatable bonds is 2. The number of fused-ring (bicyclic) bond motifs is 1. The SMILES string of the molecule is O=C(c1ccc2cc[nH]c2c1)N1CCN(c2ccncn2)CC1. The molecule has 1 aromatic carbocycles. The van der Waals surface area contributed by atoms with E-state index in [-0.39, 0.29) is 5.91 Å². The lowest BCUT2D eigenvalue weighted by Gasteiger charge is -2.35. The Bertz CT molecular complexity index is 821. The fourth-order valence-electron chi connectivity index (χ4n) is 2.97. The van der Waals surface area contributed by atoms with Crippen LogP contribution in [-0.4, -0.2) is 51.9 Å². The number of piperazine rings is 1. The van der Waals surface area contributed by atoms with Crippen molar-refractivity contribution in [1.29, 1.82) is 0 Å². The molecule has 0 saturated carbocycles. The Morgan fingerprint density at radius 2 is 1.96 bits per heavy atom. The summed E-state index contributed by atoms with van der Waals surface area (Å²) in [7, 11) is 0. The minimum atomic E-state index is 0.0869. The topological polar surface area (TPSA) is 65.1 Å². The average molecular weight is 307 g/mol. The lowest BCUT2D eigenvalue weighted by Crippen LogP contribution is -2.49. The second kappa shape index (κ2) is 5.72. The summed E-state index contributed by atoms with van der Waals surface area (Å²) in [6.45, 7) is 2.97. The first kappa shape index (κ1) is 13.8. The zero-order valence-electron chi connectivity index (χ0n) is 12.6. The molecule has 1 saturated heterocycles. The molecule has 1 fully saturated rings. The molecule has 1 aliphatic heterocycles. The van der Waals surface area contributed by atoms with E-state index in [1.165, 1.54) is 0 Å². The maximum Gasteiger partial charge on any atom is 0.254 e. The van der Waals surface area contributed by atoms with Gasteiger partial charge in [-0.1, -0.05) is 6.07 Å². The molecule has 0 spiro atoms. The predicted molar refractivity (Wildman–Crippen MR) is 88.4 cm³/mol. The molecule has 0 aliphatic carbocycles. The third-order valence-corrected chi connectivity index (χ3v) is 4.26. The molecule has 4 rings (SSSR count). The van der Waals surface area contributed by atoms with Gasteiger partial charge < -0.3 is 14.8 Å². The lowest BCUT2D eigenvalue weighted by molar-refractivity contribution is 0.0746. The highest BCUT2D eigenvalue weighted by Gasteiger charge is 2.22. The van der Waals surface area contributed by atoms with E-state index in [0.717, 1.165) is 35.4 Å². The number of aromatic nitrogens is 3. The Balaban J connectivity index is 1.46. The van der Waals surface area contributed by atoms with Crippen LogP contribution in [0.5, 0.6) is 0 Å². The summed E-state index contributed by atoms with van der Waals surface area (Å²) in [5.74, 6) is 1.00. The Morgan fingerprint density at radius 1 is 1.09 bits per heavy atom. The number of aromatic amines is 1. The number of carbonyl (C=O) groups excluding carboxylic acids is 1. The van der Waals surface area contributed by atoms with Gasteiger partial charge in [0.15, 0.2) is 0 Å². The van der Waals surface area contributed by atoms with Crippen molar-refractivity contribution in [1.82, 2.24) is 19.9 Å². The maximum absolute atomic E-state index is 12.7. The Labute approximate surface area is 133 Å². The predicted octanol–water partition coefficient (Wildman–Crippen LogP) is 1.92. The molecule has 116 valence electrons. The molecule has 3 heterocycles. The summed E-state index contributed by atoms with van der Waals surface area (Å²) in [5.41, 5.74) is 1.73. The van der Waals surface area contributed by atoms with E-state index in [1.54, 1.807) is 12.5 Å². The van der Waals surface area contributed by atoms with Crippen LogP contribution in [0.1, 0.15) is 10.4 Å². The monoisotopic (exact) mass is 307 g/mol. The van der Waals surface area contributed by atoms with Crippen molar-refractivity contribution in [2.45, 2.75) is 0 Å². The Morgan fingerprint density at radius 3 is 2.74 bits per heavy atom. The van der Waals surface area contributed by atoms with E-state index < -0.39 is 0 Å². The van der Waals surface area contributed by atoms with E-state index in [4.69, 9.17) is 0 Å². The quantitative estimate of drug-likeness (QED) is 0.785. The summed E-state index contributed by atoms with van der Waals surface area (Å²) in [5, 5.41) is 1.12. The normalized spacial score (nSPS) is 15.1. The minimum absolute atomic E-state index is 0.0869. The van der Waals surface area contributed by atoms with Crippen molar-refractivity contribution in [3.8, 4) is 0 Å². The zero-order valence-corrected chi connectivity index (χ0v) is 12.6. The van der Waals surface area contributed by atoms with Gasteiger partial charge in [-0.25, -0.2) is 9.97 Å². The van der Waals surface area contributed by atoms with Gasteiger partial charge in [0.25, 0.3) is 5.91 Å². The van der Waals surface area contributed by atoms with Crippen LogP contribution in [0.2, 0.25) is 0 Å². The molecule has 0 unspecified atom stereocenters. The molecule has 0 bridgehead atoms. The van der Waals surface area contributed by atoms with Gasteiger partial charge in [0.05, 0.1) is 0 Å². The molecule has 1 amide bonds. The molecule has 0 radical (unpaired) electrons. The van der Waals surface area contributed by atoms with Crippen molar-refractivity contribution in [3.05, 3.63) is 54.6 Å². The number of benzene rings is 1. The molecular formula is C17H17N5O. The van der Waals surface area contributed by atoms with Crippen molar-refractivity contribution in [3.63, 3.8) is 0 Å². The summed E-state index contributed by atoms with van der Waals surface area (Å²) in [4.78, 5) is 28.1. The maximum atomic E-state index is 12.7. The van der Waals surface area contributed by atoms with Crippen LogP contribution < -0.4 is 4.90 Å². The molecule has 6 heteroatoms. The van der Waals surface area contributed by atoms with Crippen LogP contribution in [0, 0.1) is 0 Å². The second-order valence-electron chi connectivity index (χ2n) is 5.63. The highest BCUT2D eigenvalue weighted by atomic mass is 16.2. The van der Waals surface area contributed by atoms with Gasteiger partial charge in [-0.05, 0) is 29.7 Å². The van der Waals surface area contributed by atoms with Crippen molar-refractivity contribution >= 4 is 22.6 Å². The van der Waals surface area contributed by atoms with Crippen molar-refractivity contribution in [2.75, 3.05) is 31.1 Å². The van der Waals surface area contributed by atoms with E-state index in [2.05, 4.69) is 19.9 Å². The van der Waals surface area contributed by atoms with Crippen LogP contribution in [0.25, 0.3) is 10.9 Å². The van der Waals surface area contributed by atoms with E-state index >= 15 is 0 Å². The van der Waals surface area contributed by atoms with Crippen molar-refractivity contribution < 1.29 is 4.79 Å². The molecule has 6 nitrogen and oxygen atoms in total. The van der Waals surface area contributed by atoms with Crippen molar-refractivity contribution in [2.24, 2.45) is 0 Å². The van der Waals surface area contributed by atoms with Crippen LogP contribution in [0.4, 0.5) is 5.82 Å². The fraction of sp³-hybridized carbons (Fsp3) is 0.235. The largest absolute Gasteiger partial charge is 0.361 e. The third-order valence-electron chi connectivity index (χ3n) is 4.26. The highest BCUT2D eigenvalue weighted by molar-refractivity contribution is 5.98. The number of anilines is 1. The van der Waals surface area contributed by atoms with Gasteiger partial charge >= 0.3 is 0 Å². The van der Waals surface area contributed by atoms with Crippen LogP contribution in [0.15, 0.2) is 49.1 Å². The average Bonchev–Trinajstić information content (AvgIpc) is 3.10. The standard InChI is InChI=1S/C17H17N5O/c23-17(14-2-1-13-3-6-19-15(13)11-14)22-9-7-21(8-10-22)16-4-5-18-12-20-16/h1-6,11-12,19H,7-10H2. The summed E-state index contributed by atoms with van der Waals surface area (Å²) < 4.78 is 0. The molecule has 2 aromatic heterocycles. The van der Waals surface area contributed by atoms with E-state index in [0.29, 0.717) is 13.1 Å². The number of carbonyl (C=O) groups is 1. The van der Waals surface area contributed by atoms with Gasteiger partial charge in [0.2, 0.25) is 0 Å². The number of amides is 1. The number of nitrogens with one attached hydrogen (secondary N) is 1. The first-order chi connectivity index (χ1) is 11.3. The number of hydrogen-bond acceptors (Lipinski definition) is 4. The lowest BCUT2D eigenvalue weighted by atomic mass is 10.1. The summed E-state index contributed by atoms with van der Waals surface area (Å²) in [6, 6.07) is 9.71. The van der Waals surface area contributed by atoms with E-state index in [9.17, 15) is 4.79 Å². The van der Waals surface area contributed by atoms with Gasteiger partial charge in [-0.2, -0.15) is 0 Å². The highest BCUT2D eigenvalue weighted by Crippen LogP contribution is 2.17.